The van der Waals surface area contributed by atoms with Crippen LogP contribution in [0.15, 0.2) is 91.0 Å². The van der Waals surface area contributed by atoms with Crippen LogP contribution in [0.2, 0.25) is 0 Å². The van der Waals surface area contributed by atoms with Gasteiger partial charge in [0, 0.05) is 0 Å². The van der Waals surface area contributed by atoms with Crippen molar-refractivity contribution in [3.05, 3.63) is 108 Å². The second-order valence-electron chi connectivity index (χ2n) is 9.61. The zero-order valence-corrected chi connectivity index (χ0v) is 19.5. The Morgan fingerprint density at radius 2 is 1.44 bits per heavy atom. The lowest BCUT2D eigenvalue weighted by Crippen LogP contribution is -2.67. The highest BCUT2D eigenvalue weighted by atomic mass is 16.2. The van der Waals surface area contributed by atoms with E-state index in [1.165, 1.54) is 5.56 Å². The topological polar surface area (TPSA) is 49.4 Å². The monoisotopic (exact) mass is 452 g/mol. The molecule has 174 valence electrons. The van der Waals surface area contributed by atoms with E-state index in [1.807, 2.05) is 59.5 Å². The fraction of sp³-hybridized carbons (Fsp3) is 0.333. The largest absolute Gasteiger partial charge is 0.347 e. The molecule has 2 atom stereocenters. The Balaban J connectivity index is 1.45. The minimum absolute atomic E-state index is 0.00837. The fourth-order valence-electron chi connectivity index (χ4n) is 5.69. The Labute approximate surface area is 202 Å². The van der Waals surface area contributed by atoms with Crippen LogP contribution in [-0.2, 0) is 16.0 Å². The van der Waals surface area contributed by atoms with Crippen molar-refractivity contribution in [1.82, 2.24) is 10.2 Å². The summed E-state index contributed by atoms with van der Waals surface area (Å²) in [5.74, 6) is 0.0798. The lowest BCUT2D eigenvalue weighted by molar-refractivity contribution is -0.168. The SMILES string of the molecule is O=C1CC(c2ccccc2)N1C1(C(=O)NC(Cc2ccccc2)c2ccccc2)CCCCC1. The average Bonchev–Trinajstić information content (AvgIpc) is 2.89. The van der Waals surface area contributed by atoms with E-state index >= 15 is 0 Å². The second-order valence-corrected chi connectivity index (χ2v) is 9.61. The summed E-state index contributed by atoms with van der Waals surface area (Å²) in [4.78, 5) is 29.1. The van der Waals surface area contributed by atoms with E-state index in [9.17, 15) is 9.59 Å². The Morgan fingerprint density at radius 1 is 0.853 bits per heavy atom. The summed E-state index contributed by atoms with van der Waals surface area (Å²) in [7, 11) is 0. The van der Waals surface area contributed by atoms with Crippen molar-refractivity contribution in [3.63, 3.8) is 0 Å². The summed E-state index contributed by atoms with van der Waals surface area (Å²) in [6.07, 6.45) is 5.68. The number of rotatable bonds is 7. The maximum Gasteiger partial charge on any atom is 0.246 e. The third-order valence-electron chi connectivity index (χ3n) is 7.49. The molecule has 0 radical (unpaired) electrons. The molecular weight excluding hydrogens is 420 g/mol. The normalized spacial score (nSPS) is 20.3. The van der Waals surface area contributed by atoms with Gasteiger partial charge in [-0.15, -0.1) is 0 Å². The first-order valence-electron chi connectivity index (χ1n) is 12.4. The van der Waals surface area contributed by atoms with E-state index in [4.69, 9.17) is 0 Å². The zero-order chi connectivity index (χ0) is 23.4. The molecule has 3 aromatic carbocycles. The minimum atomic E-state index is -0.780. The molecule has 1 aliphatic heterocycles. The van der Waals surface area contributed by atoms with Crippen LogP contribution in [-0.4, -0.2) is 22.3 Å². The van der Waals surface area contributed by atoms with E-state index in [0.717, 1.165) is 43.2 Å². The molecule has 1 saturated carbocycles. The van der Waals surface area contributed by atoms with Gasteiger partial charge < -0.3 is 10.2 Å². The van der Waals surface area contributed by atoms with Gasteiger partial charge in [0.25, 0.3) is 0 Å². The molecule has 2 amide bonds. The number of amides is 2. The minimum Gasteiger partial charge on any atom is -0.347 e. The molecule has 5 rings (SSSR count). The van der Waals surface area contributed by atoms with E-state index in [-0.39, 0.29) is 23.9 Å². The van der Waals surface area contributed by atoms with Crippen molar-refractivity contribution in [3.8, 4) is 0 Å². The molecule has 0 aromatic heterocycles. The molecule has 34 heavy (non-hydrogen) atoms. The molecule has 3 aromatic rings. The molecule has 4 nitrogen and oxygen atoms in total. The van der Waals surface area contributed by atoms with E-state index in [0.29, 0.717) is 12.8 Å². The van der Waals surface area contributed by atoms with Crippen molar-refractivity contribution in [1.29, 1.82) is 0 Å². The molecule has 1 heterocycles. The van der Waals surface area contributed by atoms with Crippen LogP contribution in [0, 0.1) is 0 Å². The summed E-state index contributed by atoms with van der Waals surface area (Å²) in [6, 6.07) is 30.4. The molecule has 1 saturated heterocycles. The number of β-lactam (4-membered cyclic amide) rings is 1. The first-order chi connectivity index (χ1) is 16.7. The predicted octanol–water partition coefficient (Wildman–Crippen LogP) is 5.76. The molecule has 1 N–H and O–H groups in total. The van der Waals surface area contributed by atoms with Crippen molar-refractivity contribution < 1.29 is 9.59 Å². The van der Waals surface area contributed by atoms with Gasteiger partial charge in [0.1, 0.15) is 5.54 Å². The van der Waals surface area contributed by atoms with E-state index in [1.54, 1.807) is 0 Å². The van der Waals surface area contributed by atoms with E-state index in [2.05, 4.69) is 41.7 Å². The molecule has 1 aliphatic carbocycles. The summed E-state index contributed by atoms with van der Waals surface area (Å²) >= 11 is 0. The predicted molar refractivity (Wildman–Crippen MR) is 134 cm³/mol. The number of hydrogen-bond donors (Lipinski definition) is 1. The molecular formula is C30H32N2O2. The summed E-state index contributed by atoms with van der Waals surface area (Å²) in [5.41, 5.74) is 2.60. The highest BCUT2D eigenvalue weighted by Crippen LogP contribution is 2.46. The van der Waals surface area contributed by atoms with Crippen LogP contribution in [0.4, 0.5) is 0 Å². The van der Waals surface area contributed by atoms with Crippen LogP contribution in [0.3, 0.4) is 0 Å². The Morgan fingerprint density at radius 3 is 2.06 bits per heavy atom. The van der Waals surface area contributed by atoms with Crippen LogP contribution >= 0.6 is 0 Å². The Bertz CT molecular complexity index is 1110. The van der Waals surface area contributed by atoms with Gasteiger partial charge in [-0.05, 0) is 36.0 Å². The molecule has 2 fully saturated rings. The third kappa shape index (κ3) is 4.37. The fourth-order valence-corrected chi connectivity index (χ4v) is 5.69. The van der Waals surface area contributed by atoms with Gasteiger partial charge in [0.05, 0.1) is 18.5 Å². The molecule has 0 bridgehead atoms. The average molecular weight is 453 g/mol. The standard InChI is InChI=1S/C30H32N2O2/c33-28-22-27(25-17-9-3-10-18-25)32(28)30(19-11-4-12-20-30)29(34)31-26(24-15-7-2-8-16-24)21-23-13-5-1-6-14-23/h1-3,5-10,13-18,26-27H,4,11-12,19-22H2,(H,31,34). The number of likely N-dealkylation sites (tertiary alicyclic amines) is 1. The first-order valence-corrected chi connectivity index (χ1v) is 12.4. The van der Waals surface area contributed by atoms with Gasteiger partial charge >= 0.3 is 0 Å². The van der Waals surface area contributed by atoms with Crippen LogP contribution in [0.1, 0.15) is 67.3 Å². The number of carbonyl (C=O) groups is 2. The zero-order valence-electron chi connectivity index (χ0n) is 19.5. The number of hydrogen-bond acceptors (Lipinski definition) is 2. The maximum atomic E-state index is 14.1. The summed E-state index contributed by atoms with van der Waals surface area (Å²) in [5, 5.41) is 3.40. The number of nitrogens with zero attached hydrogens (tertiary/aromatic N) is 1. The van der Waals surface area contributed by atoms with Crippen molar-refractivity contribution in [2.24, 2.45) is 0 Å². The highest BCUT2D eigenvalue weighted by molar-refractivity contribution is 5.95. The van der Waals surface area contributed by atoms with Crippen LogP contribution < -0.4 is 5.32 Å². The van der Waals surface area contributed by atoms with E-state index < -0.39 is 5.54 Å². The second kappa shape index (κ2) is 9.84. The van der Waals surface area contributed by atoms with Gasteiger partial charge in [0.2, 0.25) is 11.8 Å². The Kier molecular flexibility index (Phi) is 6.48. The molecule has 2 aliphatic rings. The third-order valence-corrected chi connectivity index (χ3v) is 7.49. The number of benzene rings is 3. The van der Waals surface area contributed by atoms with Crippen LogP contribution in [0.5, 0.6) is 0 Å². The lowest BCUT2D eigenvalue weighted by Gasteiger charge is -2.54. The Hall–Kier alpha value is -3.40. The van der Waals surface area contributed by atoms with Crippen molar-refractivity contribution in [2.45, 2.75) is 62.6 Å². The van der Waals surface area contributed by atoms with Crippen LogP contribution in [0.25, 0.3) is 0 Å². The lowest BCUT2D eigenvalue weighted by atomic mass is 9.74. The highest BCUT2D eigenvalue weighted by Gasteiger charge is 2.55. The quantitative estimate of drug-likeness (QED) is 0.463. The van der Waals surface area contributed by atoms with Gasteiger partial charge in [-0.2, -0.15) is 0 Å². The van der Waals surface area contributed by atoms with Crippen molar-refractivity contribution in [2.75, 3.05) is 0 Å². The first kappa shape index (κ1) is 22.4. The summed E-state index contributed by atoms with van der Waals surface area (Å²) < 4.78 is 0. The smallest absolute Gasteiger partial charge is 0.246 e. The molecule has 4 heteroatoms. The molecule has 2 unspecified atom stereocenters. The number of carbonyl (C=O) groups excluding carboxylic acids is 2. The number of nitrogens with one attached hydrogen (secondary N) is 1. The van der Waals surface area contributed by atoms with Crippen molar-refractivity contribution >= 4 is 11.8 Å². The maximum absolute atomic E-state index is 14.1. The van der Waals surface area contributed by atoms with Gasteiger partial charge in [-0.25, -0.2) is 0 Å². The molecule has 0 spiro atoms. The van der Waals surface area contributed by atoms with Gasteiger partial charge in [0.15, 0.2) is 0 Å². The summed E-state index contributed by atoms with van der Waals surface area (Å²) in [6.45, 7) is 0. The van der Waals surface area contributed by atoms with Gasteiger partial charge in [-0.1, -0.05) is 110 Å². The van der Waals surface area contributed by atoms with Gasteiger partial charge in [-0.3, -0.25) is 9.59 Å².